The summed E-state index contributed by atoms with van der Waals surface area (Å²) in [4.78, 5) is 30.9. The van der Waals surface area contributed by atoms with E-state index >= 15 is 0 Å². The molecule has 0 fully saturated rings. The van der Waals surface area contributed by atoms with Crippen molar-refractivity contribution in [2.45, 2.75) is 0 Å². The van der Waals surface area contributed by atoms with Gasteiger partial charge in [-0.3, -0.25) is 14.9 Å². The average molecular weight is 196 g/mol. The topological polar surface area (TPSA) is 97.5 Å². The third-order valence-electron chi connectivity index (χ3n) is 1.54. The second-order valence-electron chi connectivity index (χ2n) is 2.41. The van der Waals surface area contributed by atoms with Crippen molar-refractivity contribution in [2.24, 2.45) is 0 Å². The number of hydrogen-bond acceptors (Lipinski definition) is 4. The molecule has 0 saturated heterocycles. The summed E-state index contributed by atoms with van der Waals surface area (Å²) < 4.78 is 0. The van der Waals surface area contributed by atoms with Gasteiger partial charge in [-0.15, -0.1) is 0 Å². The first-order chi connectivity index (χ1) is 6.54. The molecule has 6 heteroatoms. The van der Waals surface area contributed by atoms with E-state index in [0.717, 1.165) is 12.1 Å². The zero-order valence-corrected chi connectivity index (χ0v) is 6.84. The molecule has 1 aromatic carbocycles. The fourth-order valence-corrected chi connectivity index (χ4v) is 0.940. The molecule has 72 valence electrons. The van der Waals surface area contributed by atoms with Gasteiger partial charge >= 0.3 is 5.97 Å². The van der Waals surface area contributed by atoms with Gasteiger partial charge in [-0.2, -0.15) is 0 Å². The van der Waals surface area contributed by atoms with Gasteiger partial charge in [0.15, 0.2) is 0 Å². The number of hydrogen-bond donors (Lipinski definition) is 1. The van der Waals surface area contributed by atoms with Gasteiger partial charge in [-0.05, 0) is 6.07 Å². The molecule has 0 radical (unpaired) electrons. The van der Waals surface area contributed by atoms with E-state index in [9.17, 15) is 19.7 Å². The number of carbonyl (C=O) groups excluding carboxylic acids is 1. The number of rotatable bonds is 3. The van der Waals surface area contributed by atoms with Gasteiger partial charge in [-0.25, -0.2) is 4.79 Å². The molecule has 0 spiro atoms. The van der Waals surface area contributed by atoms with E-state index in [1.54, 1.807) is 0 Å². The van der Waals surface area contributed by atoms with Gasteiger partial charge in [0.05, 0.1) is 4.92 Å². The second-order valence-corrected chi connectivity index (χ2v) is 2.41. The van der Waals surface area contributed by atoms with Gasteiger partial charge < -0.3 is 5.11 Å². The van der Waals surface area contributed by atoms with Gasteiger partial charge in [-0.1, -0.05) is 12.1 Å². The number of para-hydroxylation sites is 1. The van der Waals surface area contributed by atoms with Crippen LogP contribution in [0.5, 0.6) is 0 Å². The molecule has 0 heterocycles. The zero-order valence-electron chi connectivity index (χ0n) is 6.84. The monoisotopic (exact) mass is 196 g/mol. The highest BCUT2D eigenvalue weighted by Crippen LogP contribution is 2.17. The molecule has 0 aliphatic heterocycles. The molecule has 0 aliphatic carbocycles. The van der Waals surface area contributed by atoms with E-state index in [0.29, 0.717) is 0 Å². The molecule has 0 aromatic heterocycles. The Hall–Kier alpha value is -2.24. The number of nitro groups is 1. The Bertz CT molecular complexity index is 412. The Labute approximate surface area is 77.9 Å². The normalized spacial score (nSPS) is 9.43. The molecule has 0 atom stereocenters. The number of carboxylic acid groups (broad SMARTS) is 1. The standard InChI is InChI=1S/C8H5NO5/c10-7(8(11)12)5-3-1-2-4-6(5)9(13)14/h1-4H,(H,11,12)/i7+1. The van der Waals surface area contributed by atoms with Crippen LogP contribution in [0.3, 0.4) is 0 Å². The minimum absolute atomic E-state index is 0.412. The number of carboxylic acids is 1. The van der Waals surface area contributed by atoms with Crippen molar-refractivity contribution in [1.29, 1.82) is 0 Å². The molecule has 0 unspecified atom stereocenters. The minimum atomic E-state index is -1.71. The maximum absolute atomic E-state index is 11.0. The molecule has 1 N–H and O–H groups in total. The first-order valence-electron chi connectivity index (χ1n) is 3.55. The van der Waals surface area contributed by atoms with E-state index in [2.05, 4.69) is 0 Å². The van der Waals surface area contributed by atoms with Crippen molar-refractivity contribution in [3.05, 3.63) is 39.9 Å². The van der Waals surface area contributed by atoms with Crippen LogP contribution in [0.2, 0.25) is 0 Å². The average Bonchev–Trinajstić information content (AvgIpc) is 2.16. The van der Waals surface area contributed by atoms with Crippen LogP contribution in [0.25, 0.3) is 0 Å². The molecule has 1 rings (SSSR count). The van der Waals surface area contributed by atoms with Crippen LogP contribution in [-0.2, 0) is 4.79 Å². The van der Waals surface area contributed by atoms with Crippen molar-refractivity contribution >= 4 is 17.4 Å². The fraction of sp³-hybridized carbons (Fsp3) is 0. The summed E-state index contributed by atoms with van der Waals surface area (Å²) >= 11 is 0. The molecule has 14 heavy (non-hydrogen) atoms. The third-order valence-corrected chi connectivity index (χ3v) is 1.54. The molecule has 0 aliphatic rings. The molecular formula is C8H5NO5. The summed E-state index contributed by atoms with van der Waals surface area (Å²) in [5.41, 5.74) is -0.912. The smallest absolute Gasteiger partial charge is 0.377 e. The van der Waals surface area contributed by atoms with Gasteiger partial charge in [0.2, 0.25) is 0 Å². The van der Waals surface area contributed by atoms with E-state index in [1.807, 2.05) is 0 Å². The molecule has 6 nitrogen and oxygen atoms in total. The lowest BCUT2D eigenvalue weighted by molar-refractivity contribution is -0.385. The van der Waals surface area contributed by atoms with Gasteiger partial charge in [0, 0.05) is 6.07 Å². The summed E-state index contributed by atoms with van der Waals surface area (Å²) in [7, 11) is 0. The SMILES string of the molecule is O=C(O)[13C](=O)c1ccccc1[N+](=O)[O-]. The number of nitro benzene ring substituents is 1. The molecule has 1 aromatic rings. The lowest BCUT2D eigenvalue weighted by Crippen LogP contribution is -2.14. The van der Waals surface area contributed by atoms with Crippen LogP contribution in [0.4, 0.5) is 5.69 Å². The highest BCUT2D eigenvalue weighted by molar-refractivity contribution is 6.40. The first kappa shape index (κ1) is 9.85. The van der Waals surface area contributed by atoms with Crippen LogP contribution in [-0.4, -0.2) is 21.8 Å². The van der Waals surface area contributed by atoms with E-state index in [-0.39, 0.29) is 0 Å². The maximum Gasteiger partial charge on any atom is 0.377 e. The highest BCUT2D eigenvalue weighted by atomic mass is 16.6. The van der Waals surface area contributed by atoms with Crippen LogP contribution in [0, 0.1) is 10.1 Å². The van der Waals surface area contributed by atoms with E-state index in [1.165, 1.54) is 12.1 Å². The Balaban J connectivity index is 3.27. The molecular weight excluding hydrogens is 191 g/mol. The number of aliphatic carboxylic acids is 1. The Morgan fingerprint density at radius 2 is 1.86 bits per heavy atom. The largest absolute Gasteiger partial charge is 0.475 e. The molecule has 0 saturated carbocycles. The summed E-state index contributed by atoms with van der Waals surface area (Å²) in [6.07, 6.45) is 0. The highest BCUT2D eigenvalue weighted by Gasteiger charge is 2.23. The zero-order chi connectivity index (χ0) is 10.7. The quantitative estimate of drug-likeness (QED) is 0.254. The first-order valence-corrected chi connectivity index (χ1v) is 3.55. The summed E-state index contributed by atoms with van der Waals surface area (Å²) in [5, 5.41) is 18.8. The second kappa shape index (κ2) is 3.65. The molecule has 0 bridgehead atoms. The van der Waals surface area contributed by atoms with Crippen LogP contribution in [0.1, 0.15) is 10.4 Å². The van der Waals surface area contributed by atoms with Crippen LogP contribution < -0.4 is 0 Å². The van der Waals surface area contributed by atoms with Gasteiger partial charge in [0.1, 0.15) is 5.56 Å². The summed E-state index contributed by atoms with van der Waals surface area (Å²) in [5.74, 6) is -2.99. The van der Waals surface area contributed by atoms with Crippen LogP contribution >= 0.6 is 0 Å². The number of carbonyl (C=O) groups is 2. The number of ketones is 1. The van der Waals surface area contributed by atoms with Crippen molar-refractivity contribution < 1.29 is 19.6 Å². The summed E-state index contributed by atoms with van der Waals surface area (Å²) in [6.45, 7) is 0. The van der Waals surface area contributed by atoms with Gasteiger partial charge in [0.25, 0.3) is 11.5 Å². The van der Waals surface area contributed by atoms with E-state index in [4.69, 9.17) is 5.11 Å². The maximum atomic E-state index is 11.0. The van der Waals surface area contributed by atoms with Crippen molar-refractivity contribution in [3.63, 3.8) is 0 Å². The predicted octanol–water partition coefficient (Wildman–Crippen LogP) is 0.862. The lowest BCUT2D eigenvalue weighted by atomic mass is 10.2. The van der Waals surface area contributed by atoms with E-state index < -0.39 is 27.9 Å². The Morgan fingerprint density at radius 1 is 1.29 bits per heavy atom. The number of Topliss-reactive ketones (excluding diaryl/α,β-unsaturated/α-hetero) is 1. The summed E-state index contributed by atoms with van der Waals surface area (Å²) in [6, 6.07) is 4.91. The Kier molecular flexibility index (Phi) is 2.57. The number of nitrogens with zero attached hydrogens (tertiary/aromatic N) is 1. The van der Waals surface area contributed by atoms with Crippen molar-refractivity contribution in [1.82, 2.24) is 0 Å². The molecule has 0 amide bonds. The van der Waals surface area contributed by atoms with Crippen molar-refractivity contribution in [2.75, 3.05) is 0 Å². The van der Waals surface area contributed by atoms with Crippen LogP contribution in [0.15, 0.2) is 24.3 Å². The Morgan fingerprint density at radius 3 is 2.36 bits per heavy atom. The number of benzene rings is 1. The van der Waals surface area contributed by atoms with Crippen molar-refractivity contribution in [3.8, 4) is 0 Å². The predicted molar refractivity (Wildman–Crippen MR) is 45.1 cm³/mol. The lowest BCUT2D eigenvalue weighted by Gasteiger charge is -1.96. The third kappa shape index (κ3) is 1.74. The fourth-order valence-electron chi connectivity index (χ4n) is 0.940. The minimum Gasteiger partial charge on any atom is -0.475 e.